The average Bonchev–Trinajstić information content (AvgIpc) is 3.09. The first-order valence-electron chi connectivity index (χ1n) is 8.60. The molecule has 3 heterocycles. The molecule has 3 aromatic rings. The highest BCUT2D eigenvalue weighted by atomic mass is 16.1. The molecule has 0 bridgehead atoms. The van der Waals surface area contributed by atoms with Crippen LogP contribution in [0.5, 0.6) is 0 Å². The number of H-pyrrole nitrogens is 1. The van der Waals surface area contributed by atoms with Gasteiger partial charge in [-0.05, 0) is 43.5 Å². The summed E-state index contributed by atoms with van der Waals surface area (Å²) in [5, 5.41) is 4.04. The number of rotatable bonds is 4. The van der Waals surface area contributed by atoms with Crippen LogP contribution >= 0.6 is 0 Å². The van der Waals surface area contributed by atoms with Crippen molar-refractivity contribution in [2.45, 2.75) is 13.3 Å². The van der Waals surface area contributed by atoms with Crippen molar-refractivity contribution in [3.8, 4) is 0 Å². The van der Waals surface area contributed by atoms with E-state index in [1.165, 1.54) is 0 Å². The van der Waals surface area contributed by atoms with Crippen LogP contribution in [0, 0.1) is 12.8 Å². The van der Waals surface area contributed by atoms with Crippen molar-refractivity contribution >= 4 is 22.7 Å². The molecule has 25 heavy (non-hydrogen) atoms. The summed E-state index contributed by atoms with van der Waals surface area (Å²) < 4.78 is 0. The molecule has 1 saturated heterocycles. The van der Waals surface area contributed by atoms with Crippen molar-refractivity contribution in [3.05, 3.63) is 58.5 Å². The molecule has 4 rings (SSSR count). The van der Waals surface area contributed by atoms with Crippen molar-refractivity contribution < 1.29 is 0 Å². The van der Waals surface area contributed by atoms with Gasteiger partial charge >= 0.3 is 0 Å². The molecule has 0 saturated carbocycles. The highest BCUT2D eigenvalue weighted by Gasteiger charge is 2.24. The van der Waals surface area contributed by atoms with Gasteiger partial charge in [-0.1, -0.05) is 18.2 Å². The zero-order chi connectivity index (χ0) is 17.2. The lowest BCUT2D eigenvalue weighted by atomic mass is 10.1. The molecular weight excluding hydrogens is 314 g/mol. The minimum atomic E-state index is -0.0777. The molecule has 1 atom stereocenters. The maximum Gasteiger partial charge on any atom is 0.260 e. The van der Waals surface area contributed by atoms with Gasteiger partial charge in [0.1, 0.15) is 5.82 Å². The molecule has 0 unspecified atom stereocenters. The fourth-order valence-corrected chi connectivity index (χ4v) is 3.31. The molecular formula is C19H21N5O. The van der Waals surface area contributed by atoms with E-state index in [0.29, 0.717) is 17.3 Å². The van der Waals surface area contributed by atoms with Gasteiger partial charge in [-0.25, -0.2) is 9.97 Å². The van der Waals surface area contributed by atoms with Crippen LogP contribution < -0.4 is 15.8 Å². The summed E-state index contributed by atoms with van der Waals surface area (Å²) in [6.07, 6.45) is 1.06. The Hall–Kier alpha value is -2.89. The molecule has 1 aromatic carbocycles. The zero-order valence-electron chi connectivity index (χ0n) is 14.2. The number of hydrogen-bond donors (Lipinski definition) is 2. The molecule has 0 radical (unpaired) electrons. The molecule has 2 N–H and O–H groups in total. The van der Waals surface area contributed by atoms with E-state index in [0.717, 1.165) is 43.1 Å². The SMILES string of the molecule is Cc1cccc(NC[C@H]2CCN(c3nc4ccccc4c(=O)[nH]3)C2)n1. The summed E-state index contributed by atoms with van der Waals surface area (Å²) in [6.45, 7) is 4.63. The maximum atomic E-state index is 12.2. The Balaban J connectivity index is 1.44. The van der Waals surface area contributed by atoms with Crippen molar-refractivity contribution in [1.82, 2.24) is 15.0 Å². The summed E-state index contributed by atoms with van der Waals surface area (Å²) >= 11 is 0. The number of anilines is 2. The summed E-state index contributed by atoms with van der Waals surface area (Å²) in [5.74, 6) is 2.08. The fraction of sp³-hybridized carbons (Fsp3) is 0.316. The Morgan fingerprint density at radius 1 is 1.20 bits per heavy atom. The predicted octanol–water partition coefficient (Wildman–Crippen LogP) is 2.56. The van der Waals surface area contributed by atoms with Gasteiger partial charge in [0.2, 0.25) is 5.95 Å². The Bertz CT molecular complexity index is 952. The van der Waals surface area contributed by atoms with Crippen LogP contribution in [0.1, 0.15) is 12.1 Å². The fourth-order valence-electron chi connectivity index (χ4n) is 3.31. The van der Waals surface area contributed by atoms with Crippen molar-refractivity contribution in [2.24, 2.45) is 5.92 Å². The molecule has 1 fully saturated rings. The van der Waals surface area contributed by atoms with Gasteiger partial charge in [0.25, 0.3) is 5.56 Å². The summed E-state index contributed by atoms with van der Waals surface area (Å²) in [7, 11) is 0. The third-order valence-electron chi connectivity index (χ3n) is 4.65. The number of pyridine rings is 1. The average molecular weight is 335 g/mol. The Morgan fingerprint density at radius 2 is 2.08 bits per heavy atom. The van der Waals surface area contributed by atoms with Crippen molar-refractivity contribution in [2.75, 3.05) is 29.9 Å². The van der Waals surface area contributed by atoms with Gasteiger partial charge in [-0.15, -0.1) is 0 Å². The largest absolute Gasteiger partial charge is 0.370 e. The Morgan fingerprint density at radius 3 is 2.96 bits per heavy atom. The lowest BCUT2D eigenvalue weighted by Gasteiger charge is -2.17. The van der Waals surface area contributed by atoms with Crippen LogP contribution in [0.3, 0.4) is 0 Å². The molecule has 1 aliphatic rings. The number of nitrogens with one attached hydrogen (secondary N) is 2. The van der Waals surface area contributed by atoms with Crippen LogP contribution in [-0.4, -0.2) is 34.6 Å². The number of nitrogens with zero attached hydrogens (tertiary/aromatic N) is 3. The topological polar surface area (TPSA) is 73.9 Å². The summed E-state index contributed by atoms with van der Waals surface area (Å²) in [4.78, 5) is 26.4. The molecule has 0 spiro atoms. The number of benzene rings is 1. The van der Waals surface area contributed by atoms with Gasteiger partial charge in [-0.3, -0.25) is 9.78 Å². The summed E-state index contributed by atoms with van der Waals surface area (Å²) in [6, 6.07) is 13.4. The zero-order valence-corrected chi connectivity index (χ0v) is 14.2. The minimum Gasteiger partial charge on any atom is -0.370 e. The van der Waals surface area contributed by atoms with Gasteiger partial charge in [-0.2, -0.15) is 0 Å². The molecule has 2 aromatic heterocycles. The van der Waals surface area contributed by atoms with Gasteiger partial charge < -0.3 is 10.2 Å². The van der Waals surface area contributed by atoms with Crippen LogP contribution in [0.4, 0.5) is 11.8 Å². The number of aromatic amines is 1. The number of fused-ring (bicyclic) bond motifs is 1. The number of para-hydroxylation sites is 1. The van der Waals surface area contributed by atoms with Gasteiger partial charge in [0, 0.05) is 25.3 Å². The highest BCUT2D eigenvalue weighted by molar-refractivity contribution is 5.78. The van der Waals surface area contributed by atoms with E-state index in [4.69, 9.17) is 0 Å². The first-order valence-corrected chi connectivity index (χ1v) is 8.60. The molecule has 0 amide bonds. The predicted molar refractivity (Wildman–Crippen MR) is 100 cm³/mol. The molecule has 6 heteroatoms. The standard InChI is InChI=1S/C19H21N5O/c1-13-5-4-8-17(21-13)20-11-14-9-10-24(12-14)19-22-16-7-3-2-6-15(16)18(25)23-19/h2-8,14H,9-12H2,1H3,(H,20,21)(H,22,23,25)/t14-/m1/s1. The smallest absolute Gasteiger partial charge is 0.260 e. The van der Waals surface area contributed by atoms with Crippen molar-refractivity contribution in [3.63, 3.8) is 0 Å². The van der Waals surface area contributed by atoms with Crippen LogP contribution in [-0.2, 0) is 0 Å². The van der Waals surface area contributed by atoms with Crippen LogP contribution in [0.15, 0.2) is 47.3 Å². The second kappa shape index (κ2) is 6.55. The monoisotopic (exact) mass is 335 g/mol. The van der Waals surface area contributed by atoms with E-state index in [9.17, 15) is 4.79 Å². The van der Waals surface area contributed by atoms with E-state index in [1.807, 2.05) is 43.3 Å². The Labute approximate surface area is 145 Å². The highest BCUT2D eigenvalue weighted by Crippen LogP contribution is 2.21. The number of aromatic nitrogens is 3. The normalized spacial score (nSPS) is 17.2. The quantitative estimate of drug-likeness (QED) is 0.766. The second-order valence-electron chi connectivity index (χ2n) is 6.55. The van der Waals surface area contributed by atoms with E-state index < -0.39 is 0 Å². The van der Waals surface area contributed by atoms with E-state index in [2.05, 4.69) is 25.2 Å². The lowest BCUT2D eigenvalue weighted by Crippen LogP contribution is -2.26. The number of aryl methyl sites for hydroxylation is 1. The van der Waals surface area contributed by atoms with E-state index >= 15 is 0 Å². The van der Waals surface area contributed by atoms with Gasteiger partial charge in [0.05, 0.1) is 10.9 Å². The third-order valence-corrected chi connectivity index (χ3v) is 4.65. The first-order chi connectivity index (χ1) is 12.2. The molecule has 1 aliphatic heterocycles. The van der Waals surface area contributed by atoms with Crippen LogP contribution in [0.25, 0.3) is 10.9 Å². The lowest BCUT2D eigenvalue weighted by molar-refractivity contribution is 0.620. The van der Waals surface area contributed by atoms with E-state index in [-0.39, 0.29) is 5.56 Å². The van der Waals surface area contributed by atoms with Gasteiger partial charge in [0.15, 0.2) is 0 Å². The molecule has 0 aliphatic carbocycles. The minimum absolute atomic E-state index is 0.0777. The third kappa shape index (κ3) is 3.33. The van der Waals surface area contributed by atoms with Crippen LogP contribution in [0.2, 0.25) is 0 Å². The molecule has 6 nitrogen and oxygen atoms in total. The Kier molecular flexibility index (Phi) is 4.09. The van der Waals surface area contributed by atoms with E-state index in [1.54, 1.807) is 6.07 Å². The first kappa shape index (κ1) is 15.6. The molecule has 128 valence electrons. The number of hydrogen-bond acceptors (Lipinski definition) is 5. The summed E-state index contributed by atoms with van der Waals surface area (Å²) in [5.41, 5.74) is 1.67. The van der Waals surface area contributed by atoms with Crippen molar-refractivity contribution in [1.29, 1.82) is 0 Å². The second-order valence-corrected chi connectivity index (χ2v) is 6.55. The maximum absolute atomic E-state index is 12.2.